The number of nitrogens with one attached hydrogen (secondary N) is 2. The van der Waals surface area contributed by atoms with Crippen molar-refractivity contribution in [3.63, 3.8) is 0 Å². The van der Waals surface area contributed by atoms with Crippen LogP contribution in [0.4, 0.5) is 10.5 Å². The number of hydrogen-bond donors (Lipinski definition) is 3. The van der Waals surface area contributed by atoms with E-state index >= 15 is 0 Å². The average molecular weight is 220 g/mol. The van der Waals surface area contributed by atoms with Crippen LogP contribution in [0.2, 0.25) is 0 Å². The average Bonchev–Trinajstić information content (AvgIpc) is 2.19. The Morgan fingerprint density at radius 2 is 1.94 bits per heavy atom. The number of rotatable bonds is 3. The second kappa shape index (κ2) is 5.50. The van der Waals surface area contributed by atoms with Gasteiger partial charge in [-0.1, -0.05) is 12.1 Å². The highest BCUT2D eigenvalue weighted by molar-refractivity contribution is 5.89. The number of amides is 3. The van der Waals surface area contributed by atoms with E-state index < -0.39 is 6.03 Å². The molecule has 6 heteroatoms. The van der Waals surface area contributed by atoms with Gasteiger partial charge < -0.3 is 11.1 Å². The van der Waals surface area contributed by atoms with Gasteiger partial charge in [-0.3, -0.25) is 4.79 Å². The number of hydrogen-bond acceptors (Lipinski definition) is 3. The van der Waals surface area contributed by atoms with Crippen LogP contribution < -0.4 is 16.5 Å². The van der Waals surface area contributed by atoms with Gasteiger partial charge in [0, 0.05) is 12.6 Å². The number of nitrogens with zero attached hydrogens (tertiary/aromatic N) is 1. The van der Waals surface area contributed by atoms with E-state index in [9.17, 15) is 9.59 Å². The number of anilines is 1. The van der Waals surface area contributed by atoms with E-state index in [1.54, 1.807) is 24.3 Å². The van der Waals surface area contributed by atoms with Gasteiger partial charge in [0.05, 0.1) is 6.21 Å². The van der Waals surface area contributed by atoms with Gasteiger partial charge >= 0.3 is 6.03 Å². The molecule has 0 aliphatic carbocycles. The number of carbonyl (C=O) groups excluding carboxylic acids is 2. The van der Waals surface area contributed by atoms with Crippen molar-refractivity contribution in [2.45, 2.75) is 6.92 Å². The van der Waals surface area contributed by atoms with E-state index in [0.717, 1.165) is 5.56 Å². The molecule has 0 fully saturated rings. The van der Waals surface area contributed by atoms with E-state index in [-0.39, 0.29) is 5.91 Å². The Labute approximate surface area is 92.5 Å². The van der Waals surface area contributed by atoms with Gasteiger partial charge in [-0.25, -0.2) is 10.2 Å². The number of carbonyl (C=O) groups is 2. The summed E-state index contributed by atoms with van der Waals surface area (Å²) < 4.78 is 0. The van der Waals surface area contributed by atoms with Crippen molar-refractivity contribution < 1.29 is 9.59 Å². The molecule has 0 heterocycles. The topological polar surface area (TPSA) is 96.6 Å². The fourth-order valence-corrected chi connectivity index (χ4v) is 1.03. The molecule has 0 unspecified atom stereocenters. The zero-order chi connectivity index (χ0) is 12.0. The predicted octanol–water partition coefficient (Wildman–Crippen LogP) is 0.647. The zero-order valence-corrected chi connectivity index (χ0v) is 8.73. The lowest BCUT2D eigenvalue weighted by Crippen LogP contribution is -2.24. The maximum absolute atomic E-state index is 10.7. The maximum Gasteiger partial charge on any atom is 0.332 e. The van der Waals surface area contributed by atoms with Crippen molar-refractivity contribution in [3.05, 3.63) is 29.8 Å². The second-order valence-corrected chi connectivity index (χ2v) is 3.04. The number of primary amides is 1. The summed E-state index contributed by atoms with van der Waals surface area (Å²) in [5.41, 5.74) is 8.39. The third kappa shape index (κ3) is 4.23. The minimum absolute atomic E-state index is 0.128. The van der Waals surface area contributed by atoms with Gasteiger partial charge in [0.1, 0.15) is 0 Å². The largest absolute Gasteiger partial charge is 0.350 e. The molecule has 6 nitrogen and oxygen atoms in total. The van der Waals surface area contributed by atoms with Crippen LogP contribution in [-0.2, 0) is 4.79 Å². The second-order valence-electron chi connectivity index (χ2n) is 3.04. The van der Waals surface area contributed by atoms with Gasteiger partial charge in [0.2, 0.25) is 5.91 Å². The molecular formula is C10H12N4O2. The van der Waals surface area contributed by atoms with Gasteiger partial charge in [0.15, 0.2) is 0 Å². The van der Waals surface area contributed by atoms with Gasteiger partial charge in [-0.2, -0.15) is 5.10 Å². The molecule has 0 atom stereocenters. The van der Waals surface area contributed by atoms with Crippen molar-refractivity contribution in [2.75, 3.05) is 5.32 Å². The quantitative estimate of drug-likeness (QED) is 0.515. The summed E-state index contributed by atoms with van der Waals surface area (Å²) in [5.74, 6) is -0.128. The standard InChI is InChI=1S/C10H12N4O2/c1-7(15)13-9-4-2-8(3-5-9)6-12-14-10(11)16/h2-6H,1H3,(H,13,15)(H3,11,14,16). The van der Waals surface area contributed by atoms with Crippen molar-refractivity contribution in [1.82, 2.24) is 5.43 Å². The number of hydrazone groups is 1. The highest BCUT2D eigenvalue weighted by Crippen LogP contribution is 2.07. The first-order valence-electron chi connectivity index (χ1n) is 4.54. The molecule has 0 radical (unpaired) electrons. The summed E-state index contributed by atoms with van der Waals surface area (Å²) in [6, 6.07) is 6.24. The Bertz CT molecular complexity index is 411. The molecule has 1 rings (SSSR count). The Morgan fingerprint density at radius 1 is 1.31 bits per heavy atom. The summed E-state index contributed by atoms with van der Waals surface area (Å²) in [6.07, 6.45) is 1.45. The first kappa shape index (κ1) is 11.7. The fourth-order valence-electron chi connectivity index (χ4n) is 1.03. The maximum atomic E-state index is 10.7. The molecule has 0 saturated heterocycles. The van der Waals surface area contributed by atoms with Crippen LogP contribution >= 0.6 is 0 Å². The SMILES string of the molecule is CC(=O)Nc1ccc(C=NNC(N)=O)cc1. The first-order valence-corrected chi connectivity index (χ1v) is 4.54. The summed E-state index contributed by atoms with van der Waals surface area (Å²) in [4.78, 5) is 21.1. The molecule has 1 aromatic rings. The molecule has 16 heavy (non-hydrogen) atoms. The lowest BCUT2D eigenvalue weighted by Gasteiger charge is -2.01. The normalized spacial score (nSPS) is 10.1. The minimum atomic E-state index is -0.717. The lowest BCUT2D eigenvalue weighted by molar-refractivity contribution is -0.114. The lowest BCUT2D eigenvalue weighted by atomic mass is 10.2. The first-order chi connectivity index (χ1) is 7.58. The van der Waals surface area contributed by atoms with Crippen LogP contribution in [-0.4, -0.2) is 18.2 Å². The van der Waals surface area contributed by atoms with Crippen molar-refractivity contribution in [1.29, 1.82) is 0 Å². The van der Waals surface area contributed by atoms with Crippen LogP contribution in [0, 0.1) is 0 Å². The third-order valence-corrected chi connectivity index (χ3v) is 1.62. The zero-order valence-electron chi connectivity index (χ0n) is 8.73. The molecule has 0 saturated carbocycles. The number of benzene rings is 1. The van der Waals surface area contributed by atoms with Crippen LogP contribution in [0.1, 0.15) is 12.5 Å². The van der Waals surface area contributed by atoms with E-state index in [1.807, 2.05) is 0 Å². The molecule has 0 aliphatic rings. The van der Waals surface area contributed by atoms with Gasteiger partial charge in [-0.05, 0) is 17.7 Å². The van der Waals surface area contributed by atoms with Crippen molar-refractivity contribution in [2.24, 2.45) is 10.8 Å². The van der Waals surface area contributed by atoms with E-state index in [2.05, 4.69) is 15.8 Å². The smallest absolute Gasteiger partial charge is 0.332 e. The van der Waals surface area contributed by atoms with E-state index in [4.69, 9.17) is 5.73 Å². The molecule has 0 aromatic heterocycles. The van der Waals surface area contributed by atoms with Crippen LogP contribution in [0.3, 0.4) is 0 Å². The predicted molar refractivity (Wildman–Crippen MR) is 61.1 cm³/mol. The highest BCUT2D eigenvalue weighted by atomic mass is 16.2. The van der Waals surface area contributed by atoms with Crippen LogP contribution in [0.15, 0.2) is 29.4 Å². The highest BCUT2D eigenvalue weighted by Gasteiger charge is 1.94. The third-order valence-electron chi connectivity index (χ3n) is 1.62. The Balaban J connectivity index is 2.60. The summed E-state index contributed by atoms with van der Waals surface area (Å²) >= 11 is 0. The Kier molecular flexibility index (Phi) is 4.02. The monoisotopic (exact) mass is 220 g/mol. The van der Waals surface area contributed by atoms with Crippen molar-refractivity contribution >= 4 is 23.8 Å². The molecular weight excluding hydrogens is 208 g/mol. The van der Waals surface area contributed by atoms with Gasteiger partial charge in [-0.15, -0.1) is 0 Å². The molecule has 84 valence electrons. The Hall–Kier alpha value is -2.37. The number of nitrogens with two attached hydrogens (primary N) is 1. The van der Waals surface area contributed by atoms with Crippen LogP contribution in [0.25, 0.3) is 0 Å². The molecule has 1 aromatic carbocycles. The van der Waals surface area contributed by atoms with E-state index in [0.29, 0.717) is 5.69 Å². The molecule has 4 N–H and O–H groups in total. The Morgan fingerprint density at radius 3 is 2.44 bits per heavy atom. The molecule has 0 spiro atoms. The summed E-state index contributed by atoms with van der Waals surface area (Å²) in [7, 11) is 0. The summed E-state index contributed by atoms with van der Waals surface area (Å²) in [6.45, 7) is 1.44. The van der Waals surface area contributed by atoms with Crippen LogP contribution in [0.5, 0.6) is 0 Å². The number of urea groups is 1. The summed E-state index contributed by atoms with van der Waals surface area (Å²) in [5, 5.41) is 6.23. The molecule has 0 aliphatic heterocycles. The van der Waals surface area contributed by atoms with E-state index in [1.165, 1.54) is 13.1 Å². The molecule has 3 amide bonds. The molecule has 0 bridgehead atoms. The fraction of sp³-hybridized carbons (Fsp3) is 0.100. The van der Waals surface area contributed by atoms with Crippen molar-refractivity contribution in [3.8, 4) is 0 Å². The van der Waals surface area contributed by atoms with Gasteiger partial charge in [0.25, 0.3) is 0 Å². The minimum Gasteiger partial charge on any atom is -0.350 e.